The zero-order valence-corrected chi connectivity index (χ0v) is 14.5. The molecule has 5 nitrogen and oxygen atoms in total. The van der Waals surface area contributed by atoms with E-state index in [1.54, 1.807) is 25.1 Å². The van der Waals surface area contributed by atoms with Crippen LogP contribution in [0.4, 0.5) is 0 Å². The van der Waals surface area contributed by atoms with Crippen LogP contribution in [0, 0.1) is 6.92 Å². The molecule has 120 valence electrons. The van der Waals surface area contributed by atoms with Crippen molar-refractivity contribution in [2.24, 2.45) is 0 Å². The number of halogens is 2. The molecule has 1 aromatic carbocycles. The van der Waals surface area contributed by atoms with Gasteiger partial charge in [0.2, 0.25) is 11.8 Å². The van der Waals surface area contributed by atoms with Crippen molar-refractivity contribution in [2.75, 3.05) is 13.6 Å². The summed E-state index contributed by atoms with van der Waals surface area (Å²) in [6, 6.07) is 5.25. The molecular weight excluding hydrogens is 325 g/mol. The lowest BCUT2D eigenvalue weighted by atomic mass is 10.2. The molecule has 0 fully saturated rings. The van der Waals surface area contributed by atoms with Gasteiger partial charge in [-0.3, -0.25) is 4.90 Å². The molecule has 0 saturated heterocycles. The number of hydrogen-bond acceptors (Lipinski definition) is 5. The van der Waals surface area contributed by atoms with Crippen LogP contribution in [-0.2, 0) is 0 Å². The maximum Gasteiger partial charge on any atom is 0.233 e. The number of nitrogens with zero attached hydrogens (tertiary/aromatic N) is 3. The SMILES string of the molecule is Cc1nnc([C@@H](C)N(C)C[C@H](C)Oc2ccc(Cl)c(Cl)c2)o1. The third-order valence-electron chi connectivity index (χ3n) is 3.33. The fraction of sp³-hybridized carbons (Fsp3) is 0.467. The van der Waals surface area contributed by atoms with E-state index in [-0.39, 0.29) is 12.1 Å². The minimum Gasteiger partial charge on any atom is -0.489 e. The molecule has 0 radical (unpaired) electrons. The number of ether oxygens (including phenoxy) is 1. The van der Waals surface area contributed by atoms with Gasteiger partial charge < -0.3 is 9.15 Å². The second-order valence-electron chi connectivity index (χ2n) is 5.28. The van der Waals surface area contributed by atoms with Gasteiger partial charge in [0.15, 0.2) is 0 Å². The van der Waals surface area contributed by atoms with E-state index < -0.39 is 0 Å². The minimum absolute atomic E-state index is 0.0149. The first-order chi connectivity index (χ1) is 10.4. The van der Waals surface area contributed by atoms with E-state index in [9.17, 15) is 0 Å². The highest BCUT2D eigenvalue weighted by molar-refractivity contribution is 6.42. The monoisotopic (exact) mass is 343 g/mol. The van der Waals surface area contributed by atoms with Gasteiger partial charge in [-0.2, -0.15) is 0 Å². The Morgan fingerprint density at radius 2 is 1.95 bits per heavy atom. The summed E-state index contributed by atoms with van der Waals surface area (Å²) >= 11 is 11.9. The lowest BCUT2D eigenvalue weighted by molar-refractivity contribution is 0.129. The van der Waals surface area contributed by atoms with Crippen molar-refractivity contribution >= 4 is 23.2 Å². The van der Waals surface area contributed by atoms with Crippen LogP contribution in [0.15, 0.2) is 22.6 Å². The van der Waals surface area contributed by atoms with E-state index in [2.05, 4.69) is 15.1 Å². The van der Waals surface area contributed by atoms with Crippen LogP contribution in [-0.4, -0.2) is 34.8 Å². The fourth-order valence-electron chi connectivity index (χ4n) is 2.05. The van der Waals surface area contributed by atoms with Gasteiger partial charge in [0, 0.05) is 19.5 Å². The van der Waals surface area contributed by atoms with E-state index in [0.717, 1.165) is 0 Å². The number of likely N-dealkylation sites (N-methyl/N-ethyl adjacent to an activating group) is 1. The van der Waals surface area contributed by atoms with Crippen LogP contribution in [0.25, 0.3) is 0 Å². The van der Waals surface area contributed by atoms with Crippen LogP contribution in [0.5, 0.6) is 5.75 Å². The van der Waals surface area contributed by atoms with Gasteiger partial charge in [0.1, 0.15) is 11.9 Å². The van der Waals surface area contributed by atoms with Gasteiger partial charge in [-0.15, -0.1) is 10.2 Å². The largest absolute Gasteiger partial charge is 0.489 e. The molecule has 0 saturated carbocycles. The first kappa shape index (κ1) is 17.1. The molecule has 2 aromatic rings. The Kier molecular flexibility index (Phi) is 5.67. The molecule has 1 heterocycles. The molecular formula is C15H19Cl2N3O2. The van der Waals surface area contributed by atoms with Crippen molar-refractivity contribution in [2.45, 2.75) is 32.9 Å². The summed E-state index contributed by atoms with van der Waals surface area (Å²) in [7, 11) is 1.99. The summed E-state index contributed by atoms with van der Waals surface area (Å²) in [6.45, 7) is 6.48. The minimum atomic E-state index is -0.0336. The number of aryl methyl sites for hydroxylation is 1. The summed E-state index contributed by atoms with van der Waals surface area (Å²) in [4.78, 5) is 2.09. The Hall–Kier alpha value is -1.30. The topological polar surface area (TPSA) is 51.4 Å². The molecule has 0 spiro atoms. The molecule has 0 amide bonds. The van der Waals surface area contributed by atoms with Crippen molar-refractivity contribution in [3.05, 3.63) is 40.0 Å². The normalized spacial score (nSPS) is 14.1. The second-order valence-corrected chi connectivity index (χ2v) is 6.09. The lowest BCUT2D eigenvalue weighted by Crippen LogP contribution is -2.33. The number of benzene rings is 1. The average molecular weight is 344 g/mol. The summed E-state index contributed by atoms with van der Waals surface area (Å²) in [5, 5.41) is 8.90. The maximum absolute atomic E-state index is 5.99. The van der Waals surface area contributed by atoms with E-state index >= 15 is 0 Å². The highest BCUT2D eigenvalue weighted by Gasteiger charge is 2.20. The molecule has 1 aromatic heterocycles. The zero-order chi connectivity index (χ0) is 16.3. The third-order valence-corrected chi connectivity index (χ3v) is 4.07. The molecule has 0 aliphatic heterocycles. The van der Waals surface area contributed by atoms with Crippen molar-refractivity contribution in [3.63, 3.8) is 0 Å². The standard InChI is InChI=1S/C15H19Cl2N3O2/c1-9(21-12-5-6-13(16)14(17)7-12)8-20(4)10(2)15-19-18-11(3)22-15/h5-7,9-10H,8H2,1-4H3/t9-,10+/m0/s1. The van der Waals surface area contributed by atoms with Crippen LogP contribution < -0.4 is 4.74 Å². The Morgan fingerprint density at radius 3 is 2.55 bits per heavy atom. The molecule has 22 heavy (non-hydrogen) atoms. The lowest BCUT2D eigenvalue weighted by Gasteiger charge is -2.25. The van der Waals surface area contributed by atoms with Crippen molar-refractivity contribution in [1.29, 1.82) is 0 Å². The Balaban J connectivity index is 1.93. The van der Waals surface area contributed by atoms with Crippen LogP contribution in [0.2, 0.25) is 10.0 Å². The highest BCUT2D eigenvalue weighted by atomic mass is 35.5. The first-order valence-corrected chi connectivity index (χ1v) is 7.74. The number of aromatic nitrogens is 2. The van der Waals surface area contributed by atoms with E-state index in [0.29, 0.717) is 34.1 Å². The highest BCUT2D eigenvalue weighted by Crippen LogP contribution is 2.27. The second kappa shape index (κ2) is 7.31. The Morgan fingerprint density at radius 1 is 1.23 bits per heavy atom. The average Bonchev–Trinajstić information content (AvgIpc) is 2.88. The molecule has 2 atom stereocenters. The molecule has 0 aliphatic carbocycles. The molecule has 2 rings (SSSR count). The van der Waals surface area contributed by atoms with Crippen molar-refractivity contribution in [3.8, 4) is 5.75 Å². The van der Waals surface area contributed by atoms with Crippen molar-refractivity contribution in [1.82, 2.24) is 15.1 Å². The van der Waals surface area contributed by atoms with E-state index in [4.69, 9.17) is 32.4 Å². The summed E-state index contributed by atoms with van der Waals surface area (Å²) in [5.41, 5.74) is 0. The van der Waals surface area contributed by atoms with Gasteiger partial charge in [0.25, 0.3) is 0 Å². The maximum atomic E-state index is 5.99. The smallest absolute Gasteiger partial charge is 0.233 e. The zero-order valence-electron chi connectivity index (χ0n) is 13.0. The van der Waals surface area contributed by atoms with Crippen molar-refractivity contribution < 1.29 is 9.15 Å². The van der Waals surface area contributed by atoms with Gasteiger partial charge in [-0.05, 0) is 33.0 Å². The fourth-order valence-corrected chi connectivity index (χ4v) is 2.34. The third kappa shape index (κ3) is 4.35. The Bertz CT molecular complexity index is 633. The van der Waals surface area contributed by atoms with Gasteiger partial charge >= 0.3 is 0 Å². The van der Waals surface area contributed by atoms with Gasteiger partial charge in [-0.1, -0.05) is 23.2 Å². The predicted octanol–water partition coefficient (Wildman–Crippen LogP) is 4.15. The first-order valence-electron chi connectivity index (χ1n) is 6.98. The van der Waals surface area contributed by atoms with Crippen LogP contribution >= 0.6 is 23.2 Å². The predicted molar refractivity (Wildman–Crippen MR) is 86.6 cm³/mol. The van der Waals surface area contributed by atoms with E-state index in [1.165, 1.54) is 0 Å². The molecule has 0 bridgehead atoms. The molecule has 0 aliphatic rings. The number of hydrogen-bond donors (Lipinski definition) is 0. The van der Waals surface area contributed by atoms with Crippen LogP contribution in [0.1, 0.15) is 31.7 Å². The van der Waals surface area contributed by atoms with Crippen LogP contribution in [0.3, 0.4) is 0 Å². The summed E-state index contributed by atoms with van der Waals surface area (Å²) in [5.74, 6) is 1.86. The number of rotatable bonds is 6. The molecule has 0 unspecified atom stereocenters. The Labute approximate surface area is 140 Å². The van der Waals surface area contributed by atoms with E-state index in [1.807, 2.05) is 20.9 Å². The molecule has 0 N–H and O–H groups in total. The summed E-state index contributed by atoms with van der Waals surface area (Å²) < 4.78 is 11.3. The van der Waals surface area contributed by atoms with Gasteiger partial charge in [0.05, 0.1) is 16.1 Å². The summed E-state index contributed by atoms with van der Waals surface area (Å²) in [6.07, 6.45) is -0.0336. The quantitative estimate of drug-likeness (QED) is 0.788. The van der Waals surface area contributed by atoms with Gasteiger partial charge in [-0.25, -0.2) is 0 Å². The molecule has 7 heteroatoms.